The highest BCUT2D eigenvalue weighted by atomic mass is 16.5. The fraction of sp³-hybridized carbons (Fsp3) is 0.500. The molecule has 0 amide bonds. The number of hydrogen-bond donors (Lipinski definition) is 1. The van der Waals surface area contributed by atoms with Gasteiger partial charge in [0.05, 0.1) is 12.7 Å². The SMILES string of the molecule is COC(C)COc1c(C)cccc1CO. The van der Waals surface area contributed by atoms with Crippen molar-refractivity contribution in [3.8, 4) is 5.75 Å². The van der Waals surface area contributed by atoms with Gasteiger partial charge in [0, 0.05) is 12.7 Å². The van der Waals surface area contributed by atoms with Gasteiger partial charge in [0.1, 0.15) is 12.4 Å². The van der Waals surface area contributed by atoms with Gasteiger partial charge in [0.15, 0.2) is 0 Å². The van der Waals surface area contributed by atoms with E-state index in [1.807, 2.05) is 32.0 Å². The molecule has 0 aliphatic rings. The van der Waals surface area contributed by atoms with Crippen molar-refractivity contribution in [1.29, 1.82) is 0 Å². The van der Waals surface area contributed by atoms with E-state index in [1.54, 1.807) is 7.11 Å². The van der Waals surface area contributed by atoms with Crippen LogP contribution in [0, 0.1) is 6.92 Å². The van der Waals surface area contributed by atoms with E-state index in [2.05, 4.69) is 0 Å². The van der Waals surface area contributed by atoms with Gasteiger partial charge >= 0.3 is 0 Å². The molecule has 0 aliphatic heterocycles. The van der Waals surface area contributed by atoms with E-state index in [4.69, 9.17) is 14.6 Å². The highest BCUT2D eigenvalue weighted by Crippen LogP contribution is 2.23. The van der Waals surface area contributed by atoms with Crippen LogP contribution in [0.3, 0.4) is 0 Å². The van der Waals surface area contributed by atoms with Gasteiger partial charge in [-0.25, -0.2) is 0 Å². The quantitative estimate of drug-likeness (QED) is 0.806. The second kappa shape index (κ2) is 5.73. The molecule has 0 bridgehead atoms. The van der Waals surface area contributed by atoms with Gasteiger partial charge in [-0.2, -0.15) is 0 Å². The molecule has 0 spiro atoms. The zero-order chi connectivity index (χ0) is 11.3. The van der Waals surface area contributed by atoms with Crippen LogP contribution in [0.5, 0.6) is 5.75 Å². The minimum atomic E-state index is -0.00161. The highest BCUT2D eigenvalue weighted by Gasteiger charge is 2.07. The molecule has 0 aliphatic carbocycles. The molecular weight excluding hydrogens is 192 g/mol. The molecule has 0 radical (unpaired) electrons. The number of ether oxygens (including phenoxy) is 2. The lowest BCUT2D eigenvalue weighted by atomic mass is 10.1. The van der Waals surface area contributed by atoms with E-state index >= 15 is 0 Å². The predicted molar refractivity (Wildman–Crippen MR) is 59.1 cm³/mol. The first-order chi connectivity index (χ1) is 7.19. The largest absolute Gasteiger partial charge is 0.490 e. The van der Waals surface area contributed by atoms with Crippen LogP contribution in [-0.2, 0) is 11.3 Å². The molecule has 0 saturated heterocycles. The summed E-state index contributed by atoms with van der Waals surface area (Å²) in [5.74, 6) is 0.768. The minimum absolute atomic E-state index is 0.00161. The van der Waals surface area contributed by atoms with Crippen LogP contribution in [0.1, 0.15) is 18.1 Å². The molecule has 0 heterocycles. The number of benzene rings is 1. The molecule has 1 N–H and O–H groups in total. The molecule has 1 aromatic carbocycles. The molecule has 1 unspecified atom stereocenters. The van der Waals surface area contributed by atoms with Crippen molar-refractivity contribution in [2.45, 2.75) is 26.6 Å². The summed E-state index contributed by atoms with van der Waals surface area (Å²) in [6.07, 6.45) is 0.0520. The maximum absolute atomic E-state index is 9.15. The normalized spacial score (nSPS) is 12.5. The van der Waals surface area contributed by atoms with E-state index in [-0.39, 0.29) is 12.7 Å². The second-order valence-electron chi connectivity index (χ2n) is 3.58. The van der Waals surface area contributed by atoms with Gasteiger partial charge in [-0.1, -0.05) is 18.2 Å². The molecule has 3 nitrogen and oxygen atoms in total. The number of rotatable bonds is 5. The Kier molecular flexibility index (Phi) is 4.59. The average molecular weight is 210 g/mol. The van der Waals surface area contributed by atoms with Gasteiger partial charge in [0.2, 0.25) is 0 Å². The monoisotopic (exact) mass is 210 g/mol. The van der Waals surface area contributed by atoms with Gasteiger partial charge in [-0.15, -0.1) is 0 Å². The summed E-state index contributed by atoms with van der Waals surface area (Å²) in [7, 11) is 1.65. The van der Waals surface area contributed by atoms with E-state index in [0.717, 1.165) is 16.9 Å². The molecule has 1 aromatic rings. The molecule has 84 valence electrons. The Balaban J connectivity index is 2.74. The first kappa shape index (κ1) is 12.0. The smallest absolute Gasteiger partial charge is 0.127 e. The summed E-state index contributed by atoms with van der Waals surface area (Å²) in [4.78, 5) is 0. The van der Waals surface area contributed by atoms with Crippen molar-refractivity contribution >= 4 is 0 Å². The molecule has 0 aromatic heterocycles. The lowest BCUT2D eigenvalue weighted by Gasteiger charge is -2.15. The Bertz CT molecular complexity index is 310. The Morgan fingerprint density at radius 1 is 1.40 bits per heavy atom. The molecule has 0 saturated carbocycles. The molecule has 1 rings (SSSR count). The van der Waals surface area contributed by atoms with Crippen molar-refractivity contribution in [2.75, 3.05) is 13.7 Å². The Hall–Kier alpha value is -1.06. The van der Waals surface area contributed by atoms with E-state index in [1.165, 1.54) is 0 Å². The summed E-state index contributed by atoms with van der Waals surface area (Å²) in [5, 5.41) is 9.15. The highest BCUT2D eigenvalue weighted by molar-refractivity contribution is 5.40. The summed E-state index contributed by atoms with van der Waals surface area (Å²) < 4.78 is 10.7. The summed E-state index contributed by atoms with van der Waals surface area (Å²) in [6, 6.07) is 5.74. The predicted octanol–water partition coefficient (Wildman–Crippen LogP) is 1.90. The van der Waals surface area contributed by atoms with Crippen LogP contribution in [0.2, 0.25) is 0 Å². The lowest BCUT2D eigenvalue weighted by molar-refractivity contribution is 0.0705. The van der Waals surface area contributed by atoms with Gasteiger partial charge < -0.3 is 14.6 Å². The molecule has 0 fully saturated rings. The lowest BCUT2D eigenvalue weighted by Crippen LogP contribution is -2.17. The van der Waals surface area contributed by atoms with Crippen LogP contribution in [-0.4, -0.2) is 24.9 Å². The van der Waals surface area contributed by atoms with E-state index in [9.17, 15) is 0 Å². The van der Waals surface area contributed by atoms with Crippen molar-refractivity contribution in [3.05, 3.63) is 29.3 Å². The van der Waals surface area contributed by atoms with Crippen LogP contribution in [0.4, 0.5) is 0 Å². The third-order valence-corrected chi connectivity index (χ3v) is 2.33. The molecule has 15 heavy (non-hydrogen) atoms. The van der Waals surface area contributed by atoms with Crippen molar-refractivity contribution in [2.24, 2.45) is 0 Å². The molecule has 1 atom stereocenters. The Labute approximate surface area is 90.6 Å². The summed E-state index contributed by atoms with van der Waals surface area (Å²) in [6.45, 7) is 4.40. The van der Waals surface area contributed by atoms with Crippen LogP contribution in [0.25, 0.3) is 0 Å². The van der Waals surface area contributed by atoms with Gasteiger partial charge in [-0.3, -0.25) is 0 Å². The topological polar surface area (TPSA) is 38.7 Å². The first-order valence-electron chi connectivity index (χ1n) is 5.04. The zero-order valence-electron chi connectivity index (χ0n) is 9.49. The Morgan fingerprint density at radius 2 is 2.13 bits per heavy atom. The number of aryl methyl sites for hydroxylation is 1. The maximum atomic E-state index is 9.15. The Morgan fingerprint density at radius 3 is 2.73 bits per heavy atom. The fourth-order valence-corrected chi connectivity index (χ4v) is 1.31. The maximum Gasteiger partial charge on any atom is 0.127 e. The number of hydrogen-bond acceptors (Lipinski definition) is 3. The number of aliphatic hydroxyl groups excluding tert-OH is 1. The first-order valence-corrected chi connectivity index (χ1v) is 5.04. The average Bonchev–Trinajstić information content (AvgIpc) is 2.26. The van der Waals surface area contributed by atoms with Crippen molar-refractivity contribution in [1.82, 2.24) is 0 Å². The van der Waals surface area contributed by atoms with E-state index < -0.39 is 0 Å². The van der Waals surface area contributed by atoms with Crippen molar-refractivity contribution < 1.29 is 14.6 Å². The van der Waals surface area contributed by atoms with Crippen LogP contribution >= 0.6 is 0 Å². The summed E-state index contributed by atoms with van der Waals surface area (Å²) in [5.41, 5.74) is 1.85. The standard InChI is InChI=1S/C12H18O3/c1-9-5-4-6-11(7-13)12(9)15-8-10(2)14-3/h4-6,10,13H,7-8H2,1-3H3. The van der Waals surface area contributed by atoms with Gasteiger partial charge in [0.25, 0.3) is 0 Å². The zero-order valence-corrected chi connectivity index (χ0v) is 9.49. The number of methoxy groups -OCH3 is 1. The number of aliphatic hydroxyl groups is 1. The van der Waals surface area contributed by atoms with Crippen molar-refractivity contribution in [3.63, 3.8) is 0 Å². The summed E-state index contributed by atoms with van der Waals surface area (Å²) >= 11 is 0. The van der Waals surface area contributed by atoms with Gasteiger partial charge in [-0.05, 0) is 19.4 Å². The van der Waals surface area contributed by atoms with Crippen LogP contribution < -0.4 is 4.74 Å². The third kappa shape index (κ3) is 3.22. The third-order valence-electron chi connectivity index (χ3n) is 2.33. The second-order valence-corrected chi connectivity index (χ2v) is 3.58. The molecule has 3 heteroatoms. The van der Waals surface area contributed by atoms with Crippen LogP contribution in [0.15, 0.2) is 18.2 Å². The van der Waals surface area contributed by atoms with E-state index in [0.29, 0.717) is 6.61 Å². The number of para-hydroxylation sites is 1. The fourth-order valence-electron chi connectivity index (χ4n) is 1.31. The minimum Gasteiger partial charge on any atom is -0.490 e. The molecular formula is C12H18O3.